The van der Waals surface area contributed by atoms with Gasteiger partial charge in [0.15, 0.2) is 0 Å². The number of rotatable bonds is 10. The zero-order valence-corrected chi connectivity index (χ0v) is 17.3. The molecule has 170 valence electrons. The summed E-state index contributed by atoms with van der Waals surface area (Å²) >= 11 is 0. The van der Waals surface area contributed by atoms with Gasteiger partial charge in [-0.15, -0.1) is 0 Å². The smallest absolute Gasteiger partial charge is 0.326 e. The number of nitrogens with zero attached hydrogens (tertiary/aromatic N) is 1. The third kappa shape index (κ3) is 6.76. The van der Waals surface area contributed by atoms with Gasteiger partial charge >= 0.3 is 5.97 Å². The number of amides is 2. The molecule has 0 saturated heterocycles. The number of hydrogen-bond donors (Lipinski definition) is 3. The van der Waals surface area contributed by atoms with Crippen molar-refractivity contribution in [2.24, 2.45) is 0 Å². The first kappa shape index (κ1) is 24.3. The number of carboxylic acid groups (broad SMARTS) is 1. The topological polar surface area (TPSA) is 148 Å². The van der Waals surface area contributed by atoms with Crippen LogP contribution in [0.1, 0.15) is 18.1 Å². The Morgan fingerprint density at radius 1 is 1.12 bits per heavy atom. The number of carbonyl (C=O) groups excluding carboxylic acids is 2. The second-order valence-corrected chi connectivity index (χ2v) is 6.94. The van der Waals surface area contributed by atoms with Crippen molar-refractivity contribution < 1.29 is 33.5 Å². The van der Waals surface area contributed by atoms with Crippen LogP contribution in [0, 0.1) is 15.9 Å². The number of methoxy groups -OCH3 is 1. The van der Waals surface area contributed by atoms with Crippen molar-refractivity contribution in [1.82, 2.24) is 10.6 Å². The van der Waals surface area contributed by atoms with E-state index in [-0.39, 0.29) is 29.8 Å². The predicted octanol–water partition coefficient (Wildman–Crippen LogP) is 1.60. The number of carbonyl (C=O) groups is 3. The zero-order valence-electron chi connectivity index (χ0n) is 17.3. The summed E-state index contributed by atoms with van der Waals surface area (Å²) in [7, 11) is 1.32. The predicted molar refractivity (Wildman–Crippen MR) is 111 cm³/mol. The molecule has 0 aliphatic carbocycles. The SMILES string of the molecule is COc1ccc([N+](=O)[O-])cc1C[C@H](NC(=O)[C@@H](Cc1cccc(F)c1)NC(C)=O)C(=O)O. The molecule has 0 fully saturated rings. The number of aliphatic carboxylic acids is 1. The molecule has 2 amide bonds. The van der Waals surface area contributed by atoms with E-state index >= 15 is 0 Å². The number of hydrogen-bond acceptors (Lipinski definition) is 6. The summed E-state index contributed by atoms with van der Waals surface area (Å²) < 4.78 is 18.6. The van der Waals surface area contributed by atoms with Gasteiger partial charge < -0.3 is 20.5 Å². The average Bonchev–Trinajstić information content (AvgIpc) is 2.72. The van der Waals surface area contributed by atoms with E-state index in [0.29, 0.717) is 5.56 Å². The minimum atomic E-state index is -1.47. The van der Waals surface area contributed by atoms with Crippen LogP contribution >= 0.6 is 0 Å². The number of ether oxygens (including phenoxy) is 1. The number of nitro groups is 1. The summed E-state index contributed by atoms with van der Waals surface area (Å²) in [5, 5.41) is 25.4. The van der Waals surface area contributed by atoms with Crippen LogP contribution in [0.2, 0.25) is 0 Å². The standard InChI is InChI=1S/C21H22FN3O7/c1-12(26)23-17(9-13-4-3-5-15(22)8-13)20(27)24-18(21(28)29)11-14-10-16(25(30)31)6-7-19(14)32-2/h3-8,10,17-18H,9,11H2,1-2H3,(H,23,26)(H,24,27)(H,28,29)/t17-,18+/m1/s1. The highest BCUT2D eigenvalue weighted by Crippen LogP contribution is 2.25. The fourth-order valence-electron chi connectivity index (χ4n) is 3.08. The van der Waals surface area contributed by atoms with Crippen molar-refractivity contribution in [2.45, 2.75) is 31.8 Å². The molecule has 0 bridgehead atoms. The van der Waals surface area contributed by atoms with E-state index in [1.54, 1.807) is 6.07 Å². The van der Waals surface area contributed by atoms with Gasteiger partial charge in [0, 0.05) is 37.5 Å². The molecule has 0 aromatic heterocycles. The minimum absolute atomic E-state index is 0.0738. The molecule has 2 atom stereocenters. The monoisotopic (exact) mass is 447 g/mol. The van der Waals surface area contributed by atoms with E-state index < -0.39 is 40.6 Å². The molecule has 2 aromatic carbocycles. The van der Waals surface area contributed by atoms with Gasteiger partial charge in [-0.1, -0.05) is 12.1 Å². The van der Waals surface area contributed by atoms with Gasteiger partial charge in [0.1, 0.15) is 23.7 Å². The van der Waals surface area contributed by atoms with E-state index in [4.69, 9.17) is 4.74 Å². The van der Waals surface area contributed by atoms with Crippen LogP contribution in [-0.4, -0.2) is 47.0 Å². The molecule has 32 heavy (non-hydrogen) atoms. The van der Waals surface area contributed by atoms with Crippen molar-refractivity contribution in [2.75, 3.05) is 7.11 Å². The highest BCUT2D eigenvalue weighted by Gasteiger charge is 2.28. The molecular weight excluding hydrogens is 425 g/mol. The first-order valence-electron chi connectivity index (χ1n) is 9.46. The highest BCUT2D eigenvalue weighted by atomic mass is 19.1. The summed E-state index contributed by atoms with van der Waals surface area (Å²) in [5.74, 6) is -3.03. The Kier molecular flexibility index (Phi) is 8.22. The zero-order chi connectivity index (χ0) is 23.8. The van der Waals surface area contributed by atoms with Gasteiger partial charge in [-0.2, -0.15) is 0 Å². The number of halogens is 1. The maximum absolute atomic E-state index is 13.5. The second kappa shape index (κ2) is 10.8. The van der Waals surface area contributed by atoms with Gasteiger partial charge in [-0.3, -0.25) is 19.7 Å². The van der Waals surface area contributed by atoms with E-state index in [9.17, 15) is 34.0 Å². The lowest BCUT2D eigenvalue weighted by Gasteiger charge is -2.21. The molecule has 10 nitrogen and oxygen atoms in total. The van der Waals surface area contributed by atoms with Gasteiger partial charge in [-0.05, 0) is 23.8 Å². The molecular formula is C21H22FN3O7. The number of nitrogens with one attached hydrogen (secondary N) is 2. The fraction of sp³-hybridized carbons (Fsp3) is 0.286. The first-order valence-corrected chi connectivity index (χ1v) is 9.46. The number of benzene rings is 2. The lowest BCUT2D eigenvalue weighted by molar-refractivity contribution is -0.384. The Balaban J connectivity index is 2.25. The number of non-ortho nitro benzene ring substituents is 1. The molecule has 11 heteroatoms. The van der Waals surface area contributed by atoms with Crippen molar-refractivity contribution in [3.63, 3.8) is 0 Å². The van der Waals surface area contributed by atoms with E-state index in [0.717, 1.165) is 0 Å². The molecule has 0 radical (unpaired) electrons. The summed E-state index contributed by atoms with van der Waals surface area (Å²) in [4.78, 5) is 46.5. The third-order valence-electron chi connectivity index (χ3n) is 4.54. The maximum atomic E-state index is 13.5. The quantitative estimate of drug-likeness (QED) is 0.370. The Labute approximate surface area is 182 Å². The molecule has 0 aliphatic rings. The summed E-state index contributed by atoms with van der Waals surface area (Å²) in [6.07, 6.45) is -0.381. The lowest BCUT2D eigenvalue weighted by atomic mass is 10.0. The van der Waals surface area contributed by atoms with E-state index in [1.807, 2.05) is 0 Å². The van der Waals surface area contributed by atoms with Crippen LogP contribution in [-0.2, 0) is 27.2 Å². The lowest BCUT2D eigenvalue weighted by Crippen LogP contribution is -2.52. The Hall–Kier alpha value is -4.02. The van der Waals surface area contributed by atoms with Crippen LogP contribution in [0.4, 0.5) is 10.1 Å². The molecule has 0 saturated carbocycles. The molecule has 0 spiro atoms. The van der Waals surface area contributed by atoms with Crippen LogP contribution in [0.15, 0.2) is 42.5 Å². The Morgan fingerprint density at radius 2 is 1.84 bits per heavy atom. The minimum Gasteiger partial charge on any atom is -0.496 e. The molecule has 2 rings (SSSR count). The van der Waals surface area contributed by atoms with E-state index in [1.165, 1.54) is 50.4 Å². The summed E-state index contributed by atoms with van der Waals surface area (Å²) in [5.41, 5.74) is 0.361. The largest absolute Gasteiger partial charge is 0.496 e. The Morgan fingerprint density at radius 3 is 2.41 bits per heavy atom. The van der Waals surface area contributed by atoms with Crippen molar-refractivity contribution in [3.05, 3.63) is 69.5 Å². The van der Waals surface area contributed by atoms with Gasteiger partial charge in [0.25, 0.3) is 5.69 Å². The van der Waals surface area contributed by atoms with Gasteiger partial charge in [0.2, 0.25) is 11.8 Å². The number of carboxylic acids is 1. The van der Waals surface area contributed by atoms with Crippen LogP contribution < -0.4 is 15.4 Å². The van der Waals surface area contributed by atoms with E-state index in [2.05, 4.69) is 10.6 Å². The molecule has 0 heterocycles. The number of nitro benzene ring substituents is 1. The summed E-state index contributed by atoms with van der Waals surface area (Å²) in [6.45, 7) is 1.19. The van der Waals surface area contributed by atoms with Crippen molar-refractivity contribution in [3.8, 4) is 5.75 Å². The third-order valence-corrected chi connectivity index (χ3v) is 4.54. The normalized spacial score (nSPS) is 12.3. The van der Waals surface area contributed by atoms with Gasteiger partial charge in [0.05, 0.1) is 12.0 Å². The molecule has 0 aliphatic heterocycles. The molecule has 0 unspecified atom stereocenters. The van der Waals surface area contributed by atoms with Gasteiger partial charge in [-0.25, -0.2) is 9.18 Å². The summed E-state index contributed by atoms with van der Waals surface area (Å²) in [6, 6.07) is 6.51. The highest BCUT2D eigenvalue weighted by molar-refractivity contribution is 5.90. The fourth-order valence-corrected chi connectivity index (χ4v) is 3.08. The second-order valence-electron chi connectivity index (χ2n) is 6.94. The average molecular weight is 447 g/mol. The van der Waals surface area contributed by atoms with Crippen LogP contribution in [0.25, 0.3) is 0 Å². The van der Waals surface area contributed by atoms with Crippen LogP contribution in [0.3, 0.4) is 0 Å². The molecule has 3 N–H and O–H groups in total. The molecule has 2 aromatic rings. The van der Waals surface area contributed by atoms with Crippen molar-refractivity contribution >= 4 is 23.5 Å². The first-order chi connectivity index (χ1) is 15.1. The maximum Gasteiger partial charge on any atom is 0.326 e. The Bertz CT molecular complexity index is 1030. The van der Waals surface area contributed by atoms with Crippen LogP contribution in [0.5, 0.6) is 5.75 Å². The van der Waals surface area contributed by atoms with Crippen molar-refractivity contribution in [1.29, 1.82) is 0 Å².